The van der Waals surface area contributed by atoms with Gasteiger partial charge < -0.3 is 11.1 Å². The summed E-state index contributed by atoms with van der Waals surface area (Å²) in [6.45, 7) is 2.05. The number of pyridine rings is 1. The third-order valence-corrected chi connectivity index (χ3v) is 3.05. The summed E-state index contributed by atoms with van der Waals surface area (Å²) in [7, 11) is 0. The van der Waals surface area contributed by atoms with Gasteiger partial charge in [-0.2, -0.15) is 0 Å². The van der Waals surface area contributed by atoms with E-state index in [2.05, 4.69) is 17.2 Å². The van der Waals surface area contributed by atoms with Crippen LogP contribution in [0.25, 0.3) is 0 Å². The molecule has 0 unspecified atom stereocenters. The van der Waals surface area contributed by atoms with Gasteiger partial charge in [0.2, 0.25) is 0 Å². The highest BCUT2D eigenvalue weighted by atomic mass is 15.0. The molecule has 0 aromatic carbocycles. The fourth-order valence-corrected chi connectivity index (χ4v) is 2.19. The van der Waals surface area contributed by atoms with Crippen LogP contribution in [0.4, 0.5) is 11.5 Å². The van der Waals surface area contributed by atoms with Gasteiger partial charge in [0.15, 0.2) is 0 Å². The summed E-state index contributed by atoms with van der Waals surface area (Å²) in [6.07, 6.45) is 8.32. The van der Waals surface area contributed by atoms with Crippen molar-refractivity contribution < 1.29 is 0 Å². The highest BCUT2D eigenvalue weighted by molar-refractivity contribution is 5.51. The summed E-state index contributed by atoms with van der Waals surface area (Å²) in [6, 6.07) is 2.58. The Hall–Kier alpha value is -1.25. The minimum Gasteiger partial charge on any atom is -0.397 e. The zero-order valence-corrected chi connectivity index (χ0v) is 9.29. The van der Waals surface area contributed by atoms with Crippen molar-refractivity contribution in [1.29, 1.82) is 0 Å². The number of hydrogen-bond acceptors (Lipinski definition) is 3. The zero-order chi connectivity index (χ0) is 10.7. The lowest BCUT2D eigenvalue weighted by molar-refractivity contribution is 0.461. The van der Waals surface area contributed by atoms with Crippen LogP contribution < -0.4 is 11.1 Å². The molecule has 1 aliphatic carbocycles. The van der Waals surface area contributed by atoms with Crippen LogP contribution in [-0.4, -0.2) is 11.0 Å². The molecule has 0 amide bonds. The normalized spacial score (nSPS) is 17.7. The van der Waals surface area contributed by atoms with Crippen LogP contribution in [0.1, 0.15) is 37.7 Å². The molecule has 1 aromatic heterocycles. The van der Waals surface area contributed by atoms with E-state index < -0.39 is 0 Å². The molecule has 1 aromatic rings. The Morgan fingerprint density at radius 2 is 2.07 bits per heavy atom. The fraction of sp³-hybridized carbons (Fsp3) is 0.583. The Kier molecular flexibility index (Phi) is 3.09. The minimum absolute atomic E-state index is 0.605. The first kappa shape index (κ1) is 10.3. The monoisotopic (exact) mass is 205 g/mol. The van der Waals surface area contributed by atoms with Crippen LogP contribution >= 0.6 is 0 Å². The molecule has 82 valence electrons. The van der Waals surface area contributed by atoms with E-state index in [0.717, 1.165) is 17.1 Å². The van der Waals surface area contributed by atoms with Crippen LogP contribution in [0, 0.1) is 6.92 Å². The van der Waals surface area contributed by atoms with Gasteiger partial charge in [-0.05, 0) is 31.4 Å². The number of aryl methyl sites for hydroxylation is 1. The summed E-state index contributed by atoms with van der Waals surface area (Å²) in [5, 5.41) is 3.51. The number of aromatic nitrogens is 1. The number of nitrogens with two attached hydrogens (primary N) is 1. The summed E-state index contributed by atoms with van der Waals surface area (Å²) in [5.41, 5.74) is 7.55. The Bertz CT molecular complexity index is 330. The van der Waals surface area contributed by atoms with E-state index in [0.29, 0.717) is 6.04 Å². The van der Waals surface area contributed by atoms with E-state index in [4.69, 9.17) is 5.73 Å². The van der Waals surface area contributed by atoms with E-state index in [1.807, 2.05) is 6.07 Å². The van der Waals surface area contributed by atoms with Gasteiger partial charge in [0, 0.05) is 6.04 Å². The summed E-state index contributed by atoms with van der Waals surface area (Å²) < 4.78 is 0. The molecule has 1 aliphatic rings. The maximum Gasteiger partial charge on any atom is 0.129 e. The predicted molar refractivity (Wildman–Crippen MR) is 63.9 cm³/mol. The van der Waals surface area contributed by atoms with Crippen molar-refractivity contribution in [3.8, 4) is 0 Å². The van der Waals surface area contributed by atoms with E-state index in [1.165, 1.54) is 32.1 Å². The average Bonchev–Trinajstić information content (AvgIpc) is 2.24. The molecular formula is C12H19N3. The first-order valence-corrected chi connectivity index (χ1v) is 5.74. The van der Waals surface area contributed by atoms with E-state index in [1.54, 1.807) is 6.20 Å². The van der Waals surface area contributed by atoms with Gasteiger partial charge in [-0.1, -0.05) is 19.3 Å². The SMILES string of the molecule is Cc1cc(N)cnc1NC1CCCCC1. The molecule has 0 bridgehead atoms. The topological polar surface area (TPSA) is 50.9 Å². The highest BCUT2D eigenvalue weighted by Crippen LogP contribution is 2.22. The molecule has 3 heteroatoms. The Balaban J connectivity index is 2.03. The molecule has 3 nitrogen and oxygen atoms in total. The molecule has 0 saturated heterocycles. The van der Waals surface area contributed by atoms with Gasteiger partial charge in [0.1, 0.15) is 5.82 Å². The van der Waals surface area contributed by atoms with Crippen LogP contribution in [-0.2, 0) is 0 Å². The first-order chi connectivity index (χ1) is 7.25. The van der Waals surface area contributed by atoms with Crippen LogP contribution in [0.5, 0.6) is 0 Å². The standard InChI is InChI=1S/C12H19N3/c1-9-7-10(13)8-14-12(9)15-11-5-3-2-4-6-11/h7-8,11H,2-6,13H2,1H3,(H,14,15). The Morgan fingerprint density at radius 1 is 1.33 bits per heavy atom. The maximum absolute atomic E-state index is 5.67. The molecule has 0 spiro atoms. The quantitative estimate of drug-likeness (QED) is 0.780. The molecule has 1 heterocycles. The fourth-order valence-electron chi connectivity index (χ4n) is 2.19. The lowest BCUT2D eigenvalue weighted by atomic mass is 9.95. The second-order valence-electron chi connectivity index (χ2n) is 4.41. The highest BCUT2D eigenvalue weighted by Gasteiger charge is 2.14. The van der Waals surface area contributed by atoms with Gasteiger partial charge in [-0.25, -0.2) is 4.98 Å². The molecule has 1 saturated carbocycles. The average molecular weight is 205 g/mol. The van der Waals surface area contributed by atoms with Crippen LogP contribution in [0.3, 0.4) is 0 Å². The second-order valence-corrected chi connectivity index (χ2v) is 4.41. The zero-order valence-electron chi connectivity index (χ0n) is 9.29. The molecular weight excluding hydrogens is 186 g/mol. The van der Waals surface area contributed by atoms with Crippen molar-refractivity contribution in [2.75, 3.05) is 11.1 Å². The number of anilines is 2. The van der Waals surface area contributed by atoms with Gasteiger partial charge in [-0.3, -0.25) is 0 Å². The molecule has 0 atom stereocenters. The van der Waals surface area contributed by atoms with Crippen molar-refractivity contribution in [2.24, 2.45) is 0 Å². The lowest BCUT2D eigenvalue weighted by Crippen LogP contribution is -2.23. The Morgan fingerprint density at radius 3 is 2.73 bits per heavy atom. The molecule has 1 fully saturated rings. The predicted octanol–water partition coefficient (Wildman–Crippen LogP) is 2.72. The van der Waals surface area contributed by atoms with Gasteiger partial charge in [0.05, 0.1) is 11.9 Å². The number of rotatable bonds is 2. The molecule has 2 rings (SSSR count). The Labute approximate surface area is 91.1 Å². The van der Waals surface area contributed by atoms with Gasteiger partial charge in [0.25, 0.3) is 0 Å². The number of hydrogen-bond donors (Lipinski definition) is 2. The molecule has 0 radical (unpaired) electrons. The van der Waals surface area contributed by atoms with Crippen molar-refractivity contribution in [2.45, 2.75) is 45.1 Å². The van der Waals surface area contributed by atoms with E-state index in [9.17, 15) is 0 Å². The van der Waals surface area contributed by atoms with Gasteiger partial charge >= 0.3 is 0 Å². The maximum atomic E-state index is 5.67. The third-order valence-electron chi connectivity index (χ3n) is 3.05. The first-order valence-electron chi connectivity index (χ1n) is 5.74. The van der Waals surface area contributed by atoms with Crippen molar-refractivity contribution in [3.05, 3.63) is 17.8 Å². The molecule has 15 heavy (non-hydrogen) atoms. The summed E-state index contributed by atoms with van der Waals surface area (Å²) in [5.74, 6) is 0.996. The third kappa shape index (κ3) is 2.61. The molecule has 3 N–H and O–H groups in total. The minimum atomic E-state index is 0.605. The largest absolute Gasteiger partial charge is 0.397 e. The number of nitrogens with one attached hydrogen (secondary N) is 1. The van der Waals surface area contributed by atoms with Crippen molar-refractivity contribution in [1.82, 2.24) is 4.98 Å². The summed E-state index contributed by atoms with van der Waals surface area (Å²) in [4.78, 5) is 4.34. The van der Waals surface area contributed by atoms with Gasteiger partial charge in [-0.15, -0.1) is 0 Å². The van der Waals surface area contributed by atoms with E-state index in [-0.39, 0.29) is 0 Å². The number of nitrogen functional groups attached to an aromatic ring is 1. The number of nitrogens with zero attached hydrogens (tertiary/aromatic N) is 1. The second kappa shape index (κ2) is 4.51. The van der Waals surface area contributed by atoms with Crippen LogP contribution in [0.15, 0.2) is 12.3 Å². The van der Waals surface area contributed by atoms with Crippen molar-refractivity contribution in [3.63, 3.8) is 0 Å². The van der Waals surface area contributed by atoms with E-state index >= 15 is 0 Å². The van der Waals surface area contributed by atoms with Crippen molar-refractivity contribution >= 4 is 11.5 Å². The summed E-state index contributed by atoms with van der Waals surface area (Å²) >= 11 is 0. The van der Waals surface area contributed by atoms with Crippen LogP contribution in [0.2, 0.25) is 0 Å². The lowest BCUT2D eigenvalue weighted by Gasteiger charge is -2.24. The molecule has 0 aliphatic heterocycles. The smallest absolute Gasteiger partial charge is 0.129 e.